The van der Waals surface area contributed by atoms with Gasteiger partial charge < -0.3 is 20.9 Å². The fourth-order valence-corrected chi connectivity index (χ4v) is 6.51. The van der Waals surface area contributed by atoms with E-state index in [0.717, 1.165) is 70.6 Å². The average molecular weight is 745 g/mol. The van der Waals surface area contributed by atoms with E-state index in [2.05, 4.69) is 55.6 Å². The highest BCUT2D eigenvalue weighted by Gasteiger charge is 2.18. The lowest BCUT2D eigenvalue weighted by Crippen LogP contribution is -2.40. The first kappa shape index (κ1) is 50.6. The first-order valence-corrected chi connectivity index (χ1v) is 22.3. The number of nitrogens with two attached hydrogens (primary N) is 1. The van der Waals surface area contributed by atoms with E-state index < -0.39 is 12.0 Å². The van der Waals surface area contributed by atoms with E-state index in [-0.39, 0.29) is 18.0 Å². The summed E-state index contributed by atoms with van der Waals surface area (Å²) < 4.78 is 5.94. The minimum atomic E-state index is -1.01. The van der Waals surface area contributed by atoms with Crippen molar-refractivity contribution in [1.82, 2.24) is 5.32 Å². The largest absolute Gasteiger partial charge is 0.480 e. The quantitative estimate of drug-likeness (QED) is 0.0326. The molecule has 0 aromatic heterocycles. The summed E-state index contributed by atoms with van der Waals surface area (Å²) in [6.45, 7) is 4.91. The number of carboxylic acids is 1. The molecule has 53 heavy (non-hydrogen) atoms. The van der Waals surface area contributed by atoms with Crippen molar-refractivity contribution in [3.8, 4) is 0 Å². The summed E-state index contributed by atoms with van der Waals surface area (Å²) in [6, 6.07) is -0.856. The van der Waals surface area contributed by atoms with Crippen molar-refractivity contribution < 1.29 is 24.2 Å². The van der Waals surface area contributed by atoms with Crippen LogP contribution in [-0.2, 0) is 19.1 Å². The lowest BCUT2D eigenvalue weighted by atomic mass is 10.0. The predicted molar refractivity (Wildman–Crippen MR) is 225 cm³/mol. The molecule has 0 saturated heterocycles. The number of unbranched alkanes of at least 4 members (excludes halogenated alkanes) is 22. The summed E-state index contributed by atoms with van der Waals surface area (Å²) in [5, 5.41) is 11.9. The number of amides is 1. The summed E-state index contributed by atoms with van der Waals surface area (Å²) in [4.78, 5) is 36.2. The molecule has 0 aliphatic carbocycles. The number of ether oxygens (including phenoxy) is 1. The van der Waals surface area contributed by atoms with Crippen LogP contribution in [0.15, 0.2) is 36.5 Å². The Morgan fingerprint density at radius 2 is 1.04 bits per heavy atom. The van der Waals surface area contributed by atoms with Gasteiger partial charge in [-0.05, 0) is 96.1 Å². The highest BCUT2D eigenvalue weighted by Crippen LogP contribution is 2.16. The zero-order valence-electron chi connectivity index (χ0n) is 34.6. The van der Waals surface area contributed by atoms with Crippen LogP contribution < -0.4 is 11.1 Å². The third-order valence-corrected chi connectivity index (χ3v) is 9.91. The van der Waals surface area contributed by atoms with Gasteiger partial charge >= 0.3 is 11.9 Å². The molecule has 0 radical (unpaired) electrons. The lowest BCUT2D eigenvalue weighted by Gasteiger charge is -2.15. The van der Waals surface area contributed by atoms with Crippen molar-refractivity contribution in [3.05, 3.63) is 36.5 Å². The van der Waals surface area contributed by atoms with E-state index in [0.29, 0.717) is 32.2 Å². The maximum Gasteiger partial charge on any atom is 0.326 e. The molecule has 0 fully saturated rings. The van der Waals surface area contributed by atoms with Crippen LogP contribution in [0.25, 0.3) is 0 Å². The second-order valence-corrected chi connectivity index (χ2v) is 15.1. The highest BCUT2D eigenvalue weighted by molar-refractivity contribution is 5.83. The number of carbonyl (C=O) groups excluding carboxylic acids is 2. The van der Waals surface area contributed by atoms with Crippen LogP contribution in [0.2, 0.25) is 0 Å². The summed E-state index contributed by atoms with van der Waals surface area (Å²) in [6.07, 6.45) is 47.9. The van der Waals surface area contributed by atoms with E-state index in [1.54, 1.807) is 0 Å². The van der Waals surface area contributed by atoms with Crippen molar-refractivity contribution in [2.45, 2.75) is 231 Å². The van der Waals surface area contributed by atoms with E-state index in [1.807, 2.05) is 0 Å². The zero-order valence-corrected chi connectivity index (χ0v) is 34.6. The molecule has 0 bridgehead atoms. The second kappa shape index (κ2) is 40.8. The van der Waals surface area contributed by atoms with Gasteiger partial charge in [0.1, 0.15) is 12.1 Å². The van der Waals surface area contributed by atoms with Gasteiger partial charge in [-0.1, -0.05) is 153 Å². The van der Waals surface area contributed by atoms with Gasteiger partial charge in [-0.15, -0.1) is 0 Å². The molecule has 0 aliphatic rings. The third-order valence-electron chi connectivity index (χ3n) is 9.91. The third kappa shape index (κ3) is 37.7. The van der Waals surface area contributed by atoms with Crippen LogP contribution in [0.3, 0.4) is 0 Å². The van der Waals surface area contributed by atoms with E-state index in [4.69, 9.17) is 10.5 Å². The molecule has 7 nitrogen and oxygen atoms in total. The molecule has 4 N–H and O–H groups in total. The topological polar surface area (TPSA) is 119 Å². The van der Waals surface area contributed by atoms with Crippen LogP contribution in [-0.4, -0.2) is 41.6 Å². The van der Waals surface area contributed by atoms with Crippen molar-refractivity contribution in [2.75, 3.05) is 6.54 Å². The van der Waals surface area contributed by atoms with E-state index in [9.17, 15) is 19.5 Å². The Balaban J connectivity index is 4.21. The number of carbonyl (C=O) groups is 3. The van der Waals surface area contributed by atoms with Crippen molar-refractivity contribution in [2.24, 2.45) is 5.73 Å². The average Bonchev–Trinajstić information content (AvgIpc) is 3.14. The molecule has 0 spiro atoms. The van der Waals surface area contributed by atoms with Gasteiger partial charge in [-0.25, -0.2) is 4.79 Å². The SMILES string of the molecule is CCCCC/C=C\C/C=C\C(CCCCCCCCC(=O)NC(CCCN)C(=O)O)OC(=O)CCCCCCCCC/C=C\CCCCCCCCC. The Hall–Kier alpha value is -2.41. The number of nitrogens with one attached hydrogen (secondary N) is 1. The number of rotatable bonds is 40. The van der Waals surface area contributed by atoms with Crippen LogP contribution in [0.1, 0.15) is 219 Å². The molecule has 0 rings (SSSR count). The molecular weight excluding hydrogens is 661 g/mol. The van der Waals surface area contributed by atoms with Crippen molar-refractivity contribution in [3.63, 3.8) is 0 Å². The smallest absolute Gasteiger partial charge is 0.326 e. The van der Waals surface area contributed by atoms with Gasteiger partial charge in [-0.2, -0.15) is 0 Å². The Labute approximate surface area is 326 Å². The summed E-state index contributed by atoms with van der Waals surface area (Å²) in [7, 11) is 0. The molecular formula is C46H84N2O5. The molecule has 308 valence electrons. The number of hydrogen-bond donors (Lipinski definition) is 3. The molecule has 7 heteroatoms. The normalized spacial score (nSPS) is 13.0. The van der Waals surface area contributed by atoms with Gasteiger partial charge in [0.25, 0.3) is 0 Å². The van der Waals surface area contributed by atoms with E-state index in [1.165, 1.54) is 109 Å². The molecule has 2 unspecified atom stereocenters. The zero-order chi connectivity index (χ0) is 38.9. The number of aliphatic carboxylic acids is 1. The first-order chi connectivity index (χ1) is 25.9. The molecule has 2 atom stereocenters. The van der Waals surface area contributed by atoms with Crippen LogP contribution in [0, 0.1) is 0 Å². The summed E-state index contributed by atoms with van der Waals surface area (Å²) >= 11 is 0. The Kier molecular flexibility index (Phi) is 38.9. The maximum atomic E-state index is 12.7. The van der Waals surface area contributed by atoms with Crippen molar-refractivity contribution in [1.29, 1.82) is 0 Å². The second-order valence-electron chi connectivity index (χ2n) is 15.1. The van der Waals surface area contributed by atoms with Gasteiger partial charge in [0, 0.05) is 12.8 Å². The lowest BCUT2D eigenvalue weighted by molar-refractivity contribution is -0.147. The molecule has 1 amide bonds. The molecule has 0 aromatic carbocycles. The summed E-state index contributed by atoms with van der Waals surface area (Å²) in [5.74, 6) is -1.29. The molecule has 0 aromatic rings. The minimum absolute atomic E-state index is 0.0792. The van der Waals surface area contributed by atoms with Crippen LogP contribution in [0.4, 0.5) is 0 Å². The van der Waals surface area contributed by atoms with Gasteiger partial charge in [0.2, 0.25) is 5.91 Å². The molecule has 0 heterocycles. The first-order valence-electron chi connectivity index (χ1n) is 22.3. The fourth-order valence-electron chi connectivity index (χ4n) is 6.51. The molecule has 0 aliphatic heterocycles. The van der Waals surface area contributed by atoms with Crippen molar-refractivity contribution >= 4 is 17.8 Å². The Morgan fingerprint density at radius 3 is 1.60 bits per heavy atom. The summed E-state index contributed by atoms with van der Waals surface area (Å²) in [5.41, 5.74) is 5.47. The van der Waals surface area contributed by atoms with Crippen LogP contribution >= 0.6 is 0 Å². The van der Waals surface area contributed by atoms with Gasteiger partial charge in [0.15, 0.2) is 0 Å². The van der Waals surface area contributed by atoms with Gasteiger partial charge in [-0.3, -0.25) is 9.59 Å². The number of esters is 1. The maximum absolute atomic E-state index is 12.7. The Morgan fingerprint density at radius 1 is 0.566 bits per heavy atom. The van der Waals surface area contributed by atoms with E-state index >= 15 is 0 Å². The predicted octanol–water partition coefficient (Wildman–Crippen LogP) is 12.6. The molecule has 0 saturated carbocycles. The van der Waals surface area contributed by atoms with Gasteiger partial charge in [0.05, 0.1) is 0 Å². The standard InChI is InChI=1S/C46H84N2O5/c1-3-5-7-9-11-13-14-15-16-17-18-19-20-21-22-24-30-34-40-45(50)53-42(36-31-27-23-12-10-8-6-4-2)37-32-28-25-26-29-33-39-44(49)48-43(46(51)52)38-35-41-47/h12,16-17,23,31,36,42-43H,3-11,13-15,18-22,24-30,32-35,37-41,47H2,1-2H3,(H,48,49)(H,51,52)/b17-16-,23-12-,36-31-. The number of allylic oxidation sites excluding steroid dienone is 5. The number of hydrogen-bond acceptors (Lipinski definition) is 5. The monoisotopic (exact) mass is 745 g/mol. The highest BCUT2D eigenvalue weighted by atomic mass is 16.5. The minimum Gasteiger partial charge on any atom is -0.480 e. The fraction of sp³-hybridized carbons (Fsp3) is 0.804. The Bertz CT molecular complexity index is 931. The number of carboxylic acid groups (broad SMARTS) is 1. The van der Waals surface area contributed by atoms with Crippen LogP contribution in [0.5, 0.6) is 0 Å².